The number of rotatable bonds is 3. The largest absolute Gasteiger partial charge is 0.493 e. The van der Waals surface area contributed by atoms with Gasteiger partial charge in [0.25, 0.3) is 0 Å². The lowest BCUT2D eigenvalue weighted by molar-refractivity contribution is 0.357. The lowest BCUT2D eigenvalue weighted by Crippen LogP contribution is -2.01. The van der Waals surface area contributed by atoms with Crippen LogP contribution in [-0.2, 0) is 13.0 Å². The van der Waals surface area contributed by atoms with Gasteiger partial charge in [-0.2, -0.15) is 0 Å². The molecule has 0 spiro atoms. The standard InChI is InChI=1S/C16H15Br2NO/c1-10-6-13(17)16(14(18)7-10)19-9-11-2-3-15-12(8-11)4-5-20-15/h2-3,6-8,19H,4-5,9H2,1H3. The first-order chi connectivity index (χ1) is 9.63. The molecule has 1 aliphatic heterocycles. The van der Waals surface area contributed by atoms with Gasteiger partial charge in [-0.3, -0.25) is 0 Å². The minimum Gasteiger partial charge on any atom is -0.493 e. The second-order valence-corrected chi connectivity index (χ2v) is 6.71. The Kier molecular flexibility index (Phi) is 4.03. The Hall–Kier alpha value is -1.00. The average molecular weight is 397 g/mol. The van der Waals surface area contributed by atoms with Crippen LogP contribution in [0.2, 0.25) is 0 Å². The van der Waals surface area contributed by atoms with E-state index in [1.165, 1.54) is 16.7 Å². The van der Waals surface area contributed by atoms with Gasteiger partial charge in [0.05, 0.1) is 12.3 Å². The number of nitrogens with one attached hydrogen (secondary N) is 1. The Morgan fingerprint density at radius 2 is 1.90 bits per heavy atom. The Balaban J connectivity index is 1.77. The minimum atomic E-state index is 0.799. The zero-order chi connectivity index (χ0) is 14.1. The molecule has 4 heteroatoms. The molecule has 104 valence electrons. The summed E-state index contributed by atoms with van der Waals surface area (Å²) in [7, 11) is 0. The van der Waals surface area contributed by atoms with Crippen molar-refractivity contribution in [2.24, 2.45) is 0 Å². The quantitative estimate of drug-likeness (QED) is 0.782. The first kappa shape index (κ1) is 14.0. The highest BCUT2D eigenvalue weighted by atomic mass is 79.9. The van der Waals surface area contributed by atoms with Gasteiger partial charge in [-0.1, -0.05) is 12.1 Å². The van der Waals surface area contributed by atoms with E-state index in [1.807, 2.05) is 0 Å². The summed E-state index contributed by atoms with van der Waals surface area (Å²) in [5.41, 5.74) is 4.90. The van der Waals surface area contributed by atoms with Crippen LogP contribution in [-0.4, -0.2) is 6.61 Å². The molecule has 0 radical (unpaired) electrons. The molecule has 0 aromatic heterocycles. The number of hydrogen-bond donors (Lipinski definition) is 1. The number of benzene rings is 2. The first-order valence-electron chi connectivity index (χ1n) is 6.57. The summed E-state index contributed by atoms with van der Waals surface area (Å²) in [6, 6.07) is 10.6. The van der Waals surface area contributed by atoms with Gasteiger partial charge in [-0.25, -0.2) is 0 Å². The van der Waals surface area contributed by atoms with Crippen molar-refractivity contribution in [2.75, 3.05) is 11.9 Å². The number of fused-ring (bicyclic) bond motifs is 1. The molecule has 1 N–H and O–H groups in total. The van der Waals surface area contributed by atoms with Crippen LogP contribution in [0.5, 0.6) is 5.75 Å². The zero-order valence-corrected chi connectivity index (χ0v) is 14.3. The van der Waals surface area contributed by atoms with Crippen LogP contribution in [0.4, 0.5) is 5.69 Å². The van der Waals surface area contributed by atoms with Crippen molar-refractivity contribution in [3.05, 3.63) is 56.0 Å². The number of hydrogen-bond acceptors (Lipinski definition) is 2. The fraction of sp³-hybridized carbons (Fsp3) is 0.250. The van der Waals surface area contributed by atoms with Gasteiger partial charge < -0.3 is 10.1 Å². The van der Waals surface area contributed by atoms with E-state index < -0.39 is 0 Å². The van der Waals surface area contributed by atoms with Crippen LogP contribution < -0.4 is 10.1 Å². The van der Waals surface area contributed by atoms with Gasteiger partial charge in [0.2, 0.25) is 0 Å². The summed E-state index contributed by atoms with van der Waals surface area (Å²) in [5, 5.41) is 3.48. The van der Waals surface area contributed by atoms with Gasteiger partial charge in [-0.05, 0) is 73.7 Å². The Morgan fingerprint density at radius 3 is 2.65 bits per heavy atom. The van der Waals surface area contributed by atoms with E-state index in [0.717, 1.165) is 40.0 Å². The second kappa shape index (κ2) is 5.78. The summed E-state index contributed by atoms with van der Waals surface area (Å²) in [5.74, 6) is 1.03. The Morgan fingerprint density at radius 1 is 1.15 bits per heavy atom. The lowest BCUT2D eigenvalue weighted by Gasteiger charge is -2.12. The SMILES string of the molecule is Cc1cc(Br)c(NCc2ccc3c(c2)CCO3)c(Br)c1. The average Bonchev–Trinajstić information content (AvgIpc) is 2.84. The smallest absolute Gasteiger partial charge is 0.122 e. The molecule has 0 unspecified atom stereocenters. The number of halogens is 2. The summed E-state index contributed by atoms with van der Waals surface area (Å²) < 4.78 is 7.69. The molecule has 2 aromatic rings. The van der Waals surface area contributed by atoms with E-state index in [2.05, 4.69) is 74.4 Å². The Bertz CT molecular complexity index is 632. The maximum absolute atomic E-state index is 5.53. The van der Waals surface area contributed by atoms with Crippen molar-refractivity contribution >= 4 is 37.5 Å². The van der Waals surface area contributed by atoms with Gasteiger partial charge in [-0.15, -0.1) is 0 Å². The van der Waals surface area contributed by atoms with E-state index in [0.29, 0.717) is 0 Å². The molecule has 1 aliphatic rings. The fourth-order valence-corrected chi connectivity index (χ4v) is 4.10. The predicted molar refractivity (Wildman–Crippen MR) is 89.5 cm³/mol. The van der Waals surface area contributed by atoms with Crippen LogP contribution in [0.1, 0.15) is 16.7 Å². The molecule has 0 atom stereocenters. The summed E-state index contributed by atoms with van der Waals surface area (Å²) in [4.78, 5) is 0. The first-order valence-corrected chi connectivity index (χ1v) is 8.16. The van der Waals surface area contributed by atoms with Gasteiger partial charge >= 0.3 is 0 Å². The van der Waals surface area contributed by atoms with Crippen molar-refractivity contribution in [3.63, 3.8) is 0 Å². The maximum atomic E-state index is 5.53. The summed E-state index contributed by atoms with van der Waals surface area (Å²) in [6.45, 7) is 3.69. The molecular formula is C16H15Br2NO. The molecule has 0 fully saturated rings. The topological polar surface area (TPSA) is 21.3 Å². The molecule has 0 amide bonds. The lowest BCUT2D eigenvalue weighted by atomic mass is 10.1. The normalized spacial score (nSPS) is 12.9. The second-order valence-electron chi connectivity index (χ2n) is 5.00. The molecular weight excluding hydrogens is 382 g/mol. The molecule has 0 saturated carbocycles. The van der Waals surface area contributed by atoms with Crippen molar-refractivity contribution in [1.29, 1.82) is 0 Å². The van der Waals surface area contributed by atoms with Crippen molar-refractivity contribution in [3.8, 4) is 5.75 Å². The van der Waals surface area contributed by atoms with Crippen molar-refractivity contribution in [1.82, 2.24) is 0 Å². The summed E-state index contributed by atoms with van der Waals surface area (Å²) in [6.07, 6.45) is 1.01. The summed E-state index contributed by atoms with van der Waals surface area (Å²) >= 11 is 7.22. The molecule has 0 bridgehead atoms. The third kappa shape index (κ3) is 2.86. The van der Waals surface area contributed by atoms with Crippen LogP contribution in [0, 0.1) is 6.92 Å². The van der Waals surface area contributed by atoms with Crippen LogP contribution >= 0.6 is 31.9 Å². The Labute approximate surface area is 135 Å². The van der Waals surface area contributed by atoms with Crippen LogP contribution in [0.3, 0.4) is 0 Å². The van der Waals surface area contributed by atoms with E-state index >= 15 is 0 Å². The van der Waals surface area contributed by atoms with Gasteiger partial charge in [0.15, 0.2) is 0 Å². The molecule has 0 aliphatic carbocycles. The van der Waals surface area contributed by atoms with Crippen LogP contribution in [0.15, 0.2) is 39.3 Å². The molecule has 3 rings (SSSR count). The van der Waals surface area contributed by atoms with Gasteiger partial charge in [0.1, 0.15) is 5.75 Å². The zero-order valence-electron chi connectivity index (χ0n) is 11.2. The molecule has 0 saturated heterocycles. The highest BCUT2D eigenvalue weighted by Crippen LogP contribution is 2.33. The van der Waals surface area contributed by atoms with E-state index in [1.54, 1.807) is 0 Å². The van der Waals surface area contributed by atoms with Gasteiger partial charge in [0, 0.05) is 21.9 Å². The number of ether oxygens (including phenoxy) is 1. The number of aryl methyl sites for hydroxylation is 1. The van der Waals surface area contributed by atoms with Crippen molar-refractivity contribution in [2.45, 2.75) is 19.9 Å². The van der Waals surface area contributed by atoms with E-state index in [-0.39, 0.29) is 0 Å². The molecule has 20 heavy (non-hydrogen) atoms. The minimum absolute atomic E-state index is 0.799. The van der Waals surface area contributed by atoms with E-state index in [9.17, 15) is 0 Å². The highest BCUT2D eigenvalue weighted by Gasteiger charge is 2.12. The molecule has 2 aromatic carbocycles. The molecule has 2 nitrogen and oxygen atoms in total. The van der Waals surface area contributed by atoms with Crippen LogP contribution in [0.25, 0.3) is 0 Å². The van der Waals surface area contributed by atoms with Crippen molar-refractivity contribution < 1.29 is 4.74 Å². The third-order valence-corrected chi connectivity index (χ3v) is 4.66. The predicted octanol–water partition coefficient (Wildman–Crippen LogP) is 5.07. The number of anilines is 1. The van der Waals surface area contributed by atoms with E-state index in [4.69, 9.17) is 4.74 Å². The monoisotopic (exact) mass is 395 g/mol. The third-order valence-electron chi connectivity index (χ3n) is 3.41. The highest BCUT2D eigenvalue weighted by molar-refractivity contribution is 9.11. The maximum Gasteiger partial charge on any atom is 0.122 e. The molecule has 1 heterocycles. The fourth-order valence-electron chi connectivity index (χ4n) is 2.41.